The Kier molecular flexibility index (Phi) is 4.89. The summed E-state index contributed by atoms with van der Waals surface area (Å²) >= 11 is 0. The van der Waals surface area contributed by atoms with Gasteiger partial charge in [-0.25, -0.2) is 0 Å². The highest BCUT2D eigenvalue weighted by Crippen LogP contribution is 2.44. The van der Waals surface area contributed by atoms with Gasteiger partial charge in [-0.05, 0) is 67.9 Å². The van der Waals surface area contributed by atoms with E-state index in [4.69, 9.17) is 4.74 Å². The van der Waals surface area contributed by atoms with Crippen LogP contribution >= 0.6 is 0 Å². The monoisotopic (exact) mass is 393 g/mol. The molecule has 0 unspecified atom stereocenters. The highest BCUT2D eigenvalue weighted by molar-refractivity contribution is 5.41. The Bertz CT molecular complexity index is 901. The Morgan fingerprint density at radius 2 is 1.90 bits per heavy atom. The van der Waals surface area contributed by atoms with E-state index >= 15 is 0 Å². The van der Waals surface area contributed by atoms with E-state index in [2.05, 4.69) is 23.1 Å². The van der Waals surface area contributed by atoms with Gasteiger partial charge in [0.1, 0.15) is 11.4 Å². The van der Waals surface area contributed by atoms with Crippen LogP contribution in [0.5, 0.6) is 5.75 Å². The molecule has 2 aromatic rings. The number of aliphatic hydroxyl groups is 2. The van der Waals surface area contributed by atoms with E-state index in [1.54, 1.807) is 0 Å². The predicted octanol–water partition coefficient (Wildman–Crippen LogP) is 3.87. The number of piperidine rings is 1. The molecule has 0 amide bonds. The number of aryl methyl sites for hydroxylation is 3. The van der Waals surface area contributed by atoms with Gasteiger partial charge in [0, 0.05) is 31.6 Å². The lowest BCUT2D eigenvalue weighted by atomic mass is 9.81. The second-order valence-electron chi connectivity index (χ2n) is 9.24. The van der Waals surface area contributed by atoms with Crippen molar-refractivity contribution in [2.45, 2.75) is 63.3 Å². The zero-order valence-electron chi connectivity index (χ0n) is 17.2. The van der Waals surface area contributed by atoms with Crippen LogP contribution in [0.15, 0.2) is 36.4 Å². The van der Waals surface area contributed by atoms with Gasteiger partial charge in [0.2, 0.25) is 0 Å². The molecule has 1 aliphatic carbocycles. The number of β-amino-alcohol motifs (C(OH)–C–C–N with tert-alkyl or cyclic N) is 1. The second kappa shape index (κ2) is 7.42. The summed E-state index contributed by atoms with van der Waals surface area (Å²) in [6.07, 6.45) is 5.07. The highest BCUT2D eigenvalue weighted by atomic mass is 16.5. The Morgan fingerprint density at radius 1 is 1.10 bits per heavy atom. The largest absolute Gasteiger partial charge is 0.487 e. The lowest BCUT2D eigenvalue weighted by Crippen LogP contribution is -2.51. The second-order valence-corrected chi connectivity index (χ2v) is 9.24. The van der Waals surface area contributed by atoms with E-state index in [1.807, 2.05) is 25.1 Å². The molecule has 29 heavy (non-hydrogen) atoms. The quantitative estimate of drug-likeness (QED) is 0.831. The average molecular weight is 394 g/mol. The molecule has 154 valence electrons. The van der Waals surface area contributed by atoms with Crippen LogP contribution in [0.1, 0.15) is 65.7 Å². The normalized spacial score (nSPS) is 24.0. The summed E-state index contributed by atoms with van der Waals surface area (Å²) in [6, 6.07) is 12.6. The van der Waals surface area contributed by atoms with Crippen molar-refractivity contribution in [2.24, 2.45) is 0 Å². The van der Waals surface area contributed by atoms with Gasteiger partial charge in [-0.2, -0.15) is 0 Å². The third-order valence-corrected chi connectivity index (χ3v) is 7.12. The van der Waals surface area contributed by atoms with Crippen molar-refractivity contribution >= 4 is 0 Å². The number of aliphatic hydroxyl groups excluding tert-OH is 2. The number of benzene rings is 2. The molecule has 2 aliphatic heterocycles. The van der Waals surface area contributed by atoms with Crippen LogP contribution in [-0.2, 0) is 12.8 Å². The van der Waals surface area contributed by atoms with E-state index < -0.39 is 12.2 Å². The van der Waals surface area contributed by atoms with Crippen molar-refractivity contribution in [2.75, 3.05) is 19.6 Å². The summed E-state index contributed by atoms with van der Waals surface area (Å²) in [4.78, 5) is 2.34. The van der Waals surface area contributed by atoms with Crippen molar-refractivity contribution < 1.29 is 14.9 Å². The van der Waals surface area contributed by atoms with Gasteiger partial charge in [0.25, 0.3) is 0 Å². The van der Waals surface area contributed by atoms with Crippen LogP contribution in [0.25, 0.3) is 0 Å². The maximum absolute atomic E-state index is 10.8. The van der Waals surface area contributed by atoms with Gasteiger partial charge in [-0.1, -0.05) is 29.8 Å². The zero-order valence-corrected chi connectivity index (χ0v) is 17.2. The third-order valence-electron chi connectivity index (χ3n) is 7.12. The molecule has 1 fully saturated rings. The molecule has 1 spiro atoms. The molecule has 2 aromatic carbocycles. The van der Waals surface area contributed by atoms with Crippen LogP contribution < -0.4 is 4.74 Å². The minimum Gasteiger partial charge on any atom is -0.487 e. The smallest absolute Gasteiger partial charge is 0.125 e. The molecule has 2 heterocycles. The standard InChI is InChI=1S/C25H31NO3/c1-17-5-8-24-21(13-17)22(27)15-25(29-24)9-11-26(12-10-25)16-23(28)20-7-6-18-3-2-4-19(18)14-20/h5-8,13-14,22-23,27-28H,2-4,9-12,15-16H2,1H3/t22-,23-/m1/s1. The Hall–Kier alpha value is -1.88. The maximum Gasteiger partial charge on any atom is 0.125 e. The van der Waals surface area contributed by atoms with E-state index in [0.29, 0.717) is 13.0 Å². The van der Waals surface area contributed by atoms with Crippen LogP contribution in [-0.4, -0.2) is 40.3 Å². The number of fused-ring (bicyclic) bond motifs is 2. The minimum atomic E-state index is -0.456. The molecule has 1 saturated heterocycles. The summed E-state index contributed by atoms with van der Waals surface area (Å²) in [7, 11) is 0. The third kappa shape index (κ3) is 3.70. The molecule has 4 nitrogen and oxygen atoms in total. The number of hydrogen-bond donors (Lipinski definition) is 2. The summed E-state index contributed by atoms with van der Waals surface area (Å²) < 4.78 is 6.42. The molecule has 5 rings (SSSR count). The van der Waals surface area contributed by atoms with Crippen molar-refractivity contribution in [3.8, 4) is 5.75 Å². The molecule has 4 heteroatoms. The first kappa shape index (κ1) is 19.1. The summed E-state index contributed by atoms with van der Waals surface area (Å²) in [5, 5.41) is 21.5. The number of likely N-dealkylation sites (tertiary alicyclic amines) is 1. The molecule has 2 N–H and O–H groups in total. The lowest BCUT2D eigenvalue weighted by molar-refractivity contribution is -0.0588. The fraction of sp³-hybridized carbons (Fsp3) is 0.520. The van der Waals surface area contributed by atoms with Crippen molar-refractivity contribution in [3.63, 3.8) is 0 Å². The van der Waals surface area contributed by atoms with E-state index in [0.717, 1.165) is 54.8 Å². The molecule has 3 aliphatic rings. The first-order chi connectivity index (χ1) is 14.0. The van der Waals surface area contributed by atoms with Gasteiger partial charge < -0.3 is 19.8 Å². The summed E-state index contributed by atoms with van der Waals surface area (Å²) in [5.74, 6) is 0.834. The molecule has 2 atom stereocenters. The van der Waals surface area contributed by atoms with Crippen LogP contribution in [0.3, 0.4) is 0 Å². The molecule has 0 bridgehead atoms. The maximum atomic E-state index is 10.8. The molecule has 0 aromatic heterocycles. The first-order valence-electron chi connectivity index (χ1n) is 11.0. The van der Waals surface area contributed by atoms with Crippen LogP contribution in [0.4, 0.5) is 0 Å². The predicted molar refractivity (Wildman–Crippen MR) is 113 cm³/mol. The Labute approximate surface area is 173 Å². The average Bonchev–Trinajstić information content (AvgIpc) is 3.18. The SMILES string of the molecule is Cc1ccc2c(c1)[C@H](O)CC1(CCN(C[C@@H](O)c3ccc4c(c3)CCC4)CC1)O2. The number of hydrogen-bond acceptors (Lipinski definition) is 4. The van der Waals surface area contributed by atoms with Gasteiger partial charge in [-0.15, -0.1) is 0 Å². The van der Waals surface area contributed by atoms with E-state index in [-0.39, 0.29) is 5.60 Å². The zero-order chi connectivity index (χ0) is 20.0. The lowest BCUT2D eigenvalue weighted by Gasteiger charge is -2.46. The fourth-order valence-electron chi connectivity index (χ4n) is 5.36. The van der Waals surface area contributed by atoms with Gasteiger partial charge >= 0.3 is 0 Å². The molecule has 0 saturated carbocycles. The van der Waals surface area contributed by atoms with Gasteiger partial charge in [0.15, 0.2) is 0 Å². The first-order valence-corrected chi connectivity index (χ1v) is 11.0. The van der Waals surface area contributed by atoms with Crippen molar-refractivity contribution in [1.82, 2.24) is 4.90 Å². The topological polar surface area (TPSA) is 52.9 Å². The van der Waals surface area contributed by atoms with E-state index in [1.165, 1.54) is 24.0 Å². The summed E-state index contributed by atoms with van der Waals surface area (Å²) in [6.45, 7) is 4.47. The Morgan fingerprint density at radius 3 is 2.72 bits per heavy atom. The van der Waals surface area contributed by atoms with Gasteiger partial charge in [-0.3, -0.25) is 0 Å². The van der Waals surface area contributed by atoms with Crippen molar-refractivity contribution in [1.29, 1.82) is 0 Å². The summed E-state index contributed by atoms with van der Waals surface area (Å²) in [5.41, 5.74) is 5.70. The minimum absolute atomic E-state index is 0.281. The van der Waals surface area contributed by atoms with E-state index in [9.17, 15) is 10.2 Å². The molecule has 0 radical (unpaired) electrons. The fourth-order valence-corrected chi connectivity index (χ4v) is 5.36. The van der Waals surface area contributed by atoms with Gasteiger partial charge in [0.05, 0.1) is 12.2 Å². The van der Waals surface area contributed by atoms with Crippen LogP contribution in [0.2, 0.25) is 0 Å². The van der Waals surface area contributed by atoms with Crippen molar-refractivity contribution in [3.05, 3.63) is 64.2 Å². The van der Waals surface area contributed by atoms with Crippen LogP contribution in [0, 0.1) is 6.92 Å². The Balaban J connectivity index is 1.22. The number of nitrogens with zero attached hydrogens (tertiary/aromatic N) is 1. The number of rotatable bonds is 3. The number of ether oxygens (including phenoxy) is 1. The highest BCUT2D eigenvalue weighted by Gasteiger charge is 2.43. The molecular formula is C25H31NO3. The molecular weight excluding hydrogens is 362 g/mol.